The lowest BCUT2D eigenvalue weighted by Crippen LogP contribution is -2.26. The minimum Gasteiger partial charge on any atom is -0.478 e. The molecule has 0 spiro atoms. The van der Waals surface area contributed by atoms with Crippen LogP contribution in [0.4, 0.5) is 0 Å². The van der Waals surface area contributed by atoms with Crippen LogP contribution in [0.3, 0.4) is 0 Å². The first-order valence-electron chi connectivity index (χ1n) is 5.61. The van der Waals surface area contributed by atoms with Crippen LogP contribution in [0.2, 0.25) is 0 Å². The van der Waals surface area contributed by atoms with Gasteiger partial charge in [0.1, 0.15) is 5.75 Å². The topological polar surface area (TPSA) is 51.3 Å². The van der Waals surface area contributed by atoms with Crippen molar-refractivity contribution >= 4 is 16.9 Å². The van der Waals surface area contributed by atoms with Gasteiger partial charge in [-0.05, 0) is 32.0 Å². The van der Waals surface area contributed by atoms with E-state index >= 15 is 0 Å². The number of hydrogen-bond acceptors (Lipinski definition) is 3. The monoisotopic (exact) mass is 233 g/mol. The van der Waals surface area contributed by atoms with Gasteiger partial charge in [-0.1, -0.05) is 6.07 Å². The van der Waals surface area contributed by atoms with E-state index in [2.05, 4.69) is 4.98 Å². The van der Waals surface area contributed by atoms with Gasteiger partial charge in [-0.3, -0.25) is 0 Å². The lowest BCUT2D eigenvalue weighted by Gasteiger charge is -2.13. The van der Waals surface area contributed by atoms with E-state index < -0.39 is 6.10 Å². The van der Waals surface area contributed by atoms with E-state index in [0.717, 1.165) is 10.9 Å². The summed E-state index contributed by atoms with van der Waals surface area (Å²) in [7, 11) is 0. The molecule has 0 fully saturated rings. The molecule has 17 heavy (non-hydrogen) atoms. The second-order valence-corrected chi connectivity index (χ2v) is 3.71. The zero-order chi connectivity index (χ0) is 12.3. The Labute approximate surface area is 99.5 Å². The second kappa shape index (κ2) is 4.91. The van der Waals surface area contributed by atoms with Crippen LogP contribution in [0.15, 0.2) is 30.5 Å². The number of rotatable bonds is 4. The molecule has 2 aromatic rings. The molecule has 1 unspecified atom stereocenters. The maximum Gasteiger partial charge on any atom is 0.347 e. The second-order valence-electron chi connectivity index (χ2n) is 3.71. The molecule has 2 rings (SSSR count). The van der Waals surface area contributed by atoms with Crippen molar-refractivity contribution in [3.05, 3.63) is 30.5 Å². The summed E-state index contributed by atoms with van der Waals surface area (Å²) >= 11 is 0. The summed E-state index contributed by atoms with van der Waals surface area (Å²) in [4.78, 5) is 14.6. The molecule has 0 radical (unpaired) electrons. The highest BCUT2D eigenvalue weighted by Gasteiger charge is 2.16. The van der Waals surface area contributed by atoms with Crippen molar-refractivity contribution in [1.82, 2.24) is 4.98 Å². The fourth-order valence-corrected chi connectivity index (χ4v) is 1.66. The summed E-state index contributed by atoms with van der Waals surface area (Å²) in [5.74, 6) is 0.337. The van der Waals surface area contributed by atoms with Gasteiger partial charge in [0.15, 0.2) is 6.10 Å². The van der Waals surface area contributed by atoms with Gasteiger partial charge in [0.2, 0.25) is 0 Å². The highest BCUT2D eigenvalue weighted by molar-refractivity contribution is 5.86. The third kappa shape index (κ3) is 2.41. The van der Waals surface area contributed by atoms with E-state index in [4.69, 9.17) is 9.47 Å². The Morgan fingerprint density at radius 1 is 1.41 bits per heavy atom. The fourth-order valence-electron chi connectivity index (χ4n) is 1.66. The summed E-state index contributed by atoms with van der Waals surface area (Å²) < 4.78 is 10.5. The average Bonchev–Trinajstić information content (AvgIpc) is 2.78. The number of hydrogen-bond donors (Lipinski definition) is 1. The normalized spacial score (nSPS) is 12.4. The Bertz CT molecular complexity index is 518. The standard InChI is InChI=1S/C13H15NO3/c1-3-16-13(15)9(2)17-12-6-4-5-11-10(12)7-8-14-11/h4-9,14H,3H2,1-2H3. The Kier molecular flexibility index (Phi) is 3.32. The zero-order valence-corrected chi connectivity index (χ0v) is 9.90. The van der Waals surface area contributed by atoms with Gasteiger partial charge < -0.3 is 14.5 Å². The van der Waals surface area contributed by atoms with Crippen LogP contribution < -0.4 is 4.74 Å². The molecule has 1 atom stereocenters. The summed E-state index contributed by atoms with van der Waals surface area (Å²) in [6.07, 6.45) is 1.24. The van der Waals surface area contributed by atoms with Crippen LogP contribution in [0.25, 0.3) is 10.9 Å². The predicted octanol–water partition coefficient (Wildman–Crippen LogP) is 2.50. The minimum atomic E-state index is -0.601. The molecule has 0 aliphatic rings. The molecule has 0 aliphatic heterocycles. The highest BCUT2D eigenvalue weighted by Crippen LogP contribution is 2.25. The van der Waals surface area contributed by atoms with E-state index in [0.29, 0.717) is 12.4 Å². The quantitative estimate of drug-likeness (QED) is 0.825. The molecule has 1 heterocycles. The summed E-state index contributed by atoms with van der Waals surface area (Å²) in [6, 6.07) is 7.59. The van der Waals surface area contributed by atoms with Crippen molar-refractivity contribution in [3.8, 4) is 5.75 Å². The maximum atomic E-state index is 11.5. The largest absolute Gasteiger partial charge is 0.478 e. The van der Waals surface area contributed by atoms with Crippen molar-refractivity contribution < 1.29 is 14.3 Å². The first-order valence-corrected chi connectivity index (χ1v) is 5.61. The van der Waals surface area contributed by atoms with Gasteiger partial charge in [0, 0.05) is 17.1 Å². The Hall–Kier alpha value is -1.97. The molecule has 1 aromatic carbocycles. The SMILES string of the molecule is CCOC(=O)C(C)Oc1cccc2[nH]ccc12. The smallest absolute Gasteiger partial charge is 0.347 e. The van der Waals surface area contributed by atoms with Gasteiger partial charge in [0.05, 0.1) is 6.61 Å². The maximum absolute atomic E-state index is 11.5. The van der Waals surface area contributed by atoms with Crippen LogP contribution >= 0.6 is 0 Å². The van der Waals surface area contributed by atoms with Crippen LogP contribution in [0, 0.1) is 0 Å². The number of H-pyrrole nitrogens is 1. The third-order valence-electron chi connectivity index (χ3n) is 2.48. The van der Waals surface area contributed by atoms with Crippen LogP contribution in [0.1, 0.15) is 13.8 Å². The number of nitrogens with one attached hydrogen (secondary N) is 1. The Morgan fingerprint density at radius 3 is 3.00 bits per heavy atom. The Balaban J connectivity index is 2.18. The molecule has 0 saturated carbocycles. The van der Waals surface area contributed by atoms with Crippen molar-refractivity contribution in [2.45, 2.75) is 20.0 Å². The number of fused-ring (bicyclic) bond motifs is 1. The minimum absolute atomic E-state index is 0.347. The molecule has 1 N–H and O–H groups in total. The number of carbonyl (C=O) groups is 1. The van der Waals surface area contributed by atoms with Gasteiger partial charge in [-0.2, -0.15) is 0 Å². The molecular weight excluding hydrogens is 218 g/mol. The van der Waals surface area contributed by atoms with E-state index in [1.165, 1.54) is 0 Å². The average molecular weight is 233 g/mol. The fraction of sp³-hybridized carbons (Fsp3) is 0.308. The molecule has 0 aliphatic carbocycles. The molecule has 4 heteroatoms. The Morgan fingerprint density at radius 2 is 2.24 bits per heavy atom. The van der Waals surface area contributed by atoms with Crippen LogP contribution in [0.5, 0.6) is 5.75 Å². The number of carbonyl (C=O) groups excluding carboxylic acids is 1. The van der Waals surface area contributed by atoms with E-state index in [1.54, 1.807) is 13.8 Å². The third-order valence-corrected chi connectivity index (χ3v) is 2.48. The molecule has 0 bridgehead atoms. The van der Waals surface area contributed by atoms with Crippen molar-refractivity contribution in [2.75, 3.05) is 6.61 Å². The van der Waals surface area contributed by atoms with E-state index in [-0.39, 0.29) is 5.97 Å². The van der Waals surface area contributed by atoms with Crippen LogP contribution in [-0.4, -0.2) is 23.7 Å². The number of aromatic nitrogens is 1. The van der Waals surface area contributed by atoms with Crippen molar-refractivity contribution in [3.63, 3.8) is 0 Å². The summed E-state index contributed by atoms with van der Waals surface area (Å²) in [5, 5.41) is 0.962. The van der Waals surface area contributed by atoms with Gasteiger partial charge in [-0.15, -0.1) is 0 Å². The van der Waals surface area contributed by atoms with Gasteiger partial charge >= 0.3 is 5.97 Å². The molecular formula is C13H15NO3. The molecule has 4 nitrogen and oxygen atoms in total. The summed E-state index contributed by atoms with van der Waals surface area (Å²) in [6.45, 7) is 3.82. The number of aromatic amines is 1. The predicted molar refractivity (Wildman–Crippen MR) is 65.0 cm³/mol. The number of benzene rings is 1. The lowest BCUT2D eigenvalue weighted by atomic mass is 10.2. The van der Waals surface area contributed by atoms with Crippen molar-refractivity contribution in [1.29, 1.82) is 0 Å². The lowest BCUT2D eigenvalue weighted by molar-refractivity contribution is -0.150. The number of ether oxygens (including phenoxy) is 2. The first kappa shape index (κ1) is 11.5. The van der Waals surface area contributed by atoms with Crippen LogP contribution in [-0.2, 0) is 9.53 Å². The van der Waals surface area contributed by atoms with E-state index in [9.17, 15) is 4.79 Å². The number of esters is 1. The molecule has 1 aromatic heterocycles. The van der Waals surface area contributed by atoms with Gasteiger partial charge in [0.25, 0.3) is 0 Å². The molecule has 90 valence electrons. The first-order chi connectivity index (χ1) is 8.22. The van der Waals surface area contributed by atoms with Gasteiger partial charge in [-0.25, -0.2) is 4.79 Å². The highest BCUT2D eigenvalue weighted by atomic mass is 16.6. The van der Waals surface area contributed by atoms with Crippen molar-refractivity contribution in [2.24, 2.45) is 0 Å². The van der Waals surface area contributed by atoms with E-state index in [1.807, 2.05) is 30.5 Å². The molecule has 0 amide bonds. The molecule has 0 saturated heterocycles. The summed E-state index contributed by atoms with van der Waals surface area (Å²) in [5.41, 5.74) is 0.985. The zero-order valence-electron chi connectivity index (χ0n) is 9.90.